The Morgan fingerprint density at radius 3 is 2.80 bits per heavy atom. The molecule has 1 amide bonds. The van der Waals surface area contributed by atoms with Gasteiger partial charge in [-0.1, -0.05) is 19.9 Å². The molecule has 6 nitrogen and oxygen atoms in total. The van der Waals surface area contributed by atoms with Crippen molar-refractivity contribution in [2.75, 3.05) is 11.4 Å². The van der Waals surface area contributed by atoms with Crippen LogP contribution in [-0.4, -0.2) is 23.5 Å². The van der Waals surface area contributed by atoms with Gasteiger partial charge in [-0.3, -0.25) is 16.1 Å². The number of nitrogens with zero attached hydrogens (tertiary/aromatic N) is 1. The number of carboxylic acid groups (broad SMARTS) is 1. The van der Waals surface area contributed by atoms with E-state index in [1.54, 1.807) is 11.3 Å². The van der Waals surface area contributed by atoms with Gasteiger partial charge in [0.2, 0.25) is 5.91 Å². The Morgan fingerprint density at radius 2 is 2.10 bits per heavy atom. The van der Waals surface area contributed by atoms with E-state index < -0.39 is 5.97 Å². The Hall–Kier alpha value is -2.22. The SMILES string of the molecule is CC1(C)CCc2sc(-c3cc(N4CCCCC4=O)ccc3CNN)c(C(=O)O)c2C1. The molecule has 4 N–H and O–H groups in total. The normalized spacial score (nSPS) is 18.4. The number of hydrogen-bond donors (Lipinski definition) is 3. The van der Waals surface area contributed by atoms with Crippen molar-refractivity contribution < 1.29 is 14.7 Å². The number of benzene rings is 1. The molecule has 0 radical (unpaired) electrons. The molecular formula is C23H29N3O3S. The number of aromatic carboxylic acids is 1. The summed E-state index contributed by atoms with van der Waals surface area (Å²) in [6, 6.07) is 5.88. The number of nitrogens with one attached hydrogen (secondary N) is 1. The van der Waals surface area contributed by atoms with Gasteiger partial charge in [0.1, 0.15) is 0 Å². The van der Waals surface area contributed by atoms with Gasteiger partial charge in [0.25, 0.3) is 0 Å². The zero-order valence-corrected chi connectivity index (χ0v) is 18.4. The Balaban J connectivity index is 1.86. The molecule has 0 bridgehead atoms. The van der Waals surface area contributed by atoms with E-state index in [0.717, 1.165) is 59.4 Å². The number of amides is 1. The molecule has 0 spiro atoms. The molecule has 2 aromatic rings. The van der Waals surface area contributed by atoms with E-state index in [9.17, 15) is 14.7 Å². The third kappa shape index (κ3) is 3.89. The fourth-order valence-electron chi connectivity index (χ4n) is 4.62. The van der Waals surface area contributed by atoms with Gasteiger partial charge in [-0.2, -0.15) is 0 Å². The van der Waals surface area contributed by atoms with Crippen molar-refractivity contribution in [2.45, 2.75) is 58.9 Å². The van der Waals surface area contributed by atoms with E-state index >= 15 is 0 Å². The second-order valence-corrected chi connectivity index (χ2v) is 10.2. The summed E-state index contributed by atoms with van der Waals surface area (Å²) >= 11 is 1.59. The van der Waals surface area contributed by atoms with Gasteiger partial charge in [-0.15, -0.1) is 11.3 Å². The molecule has 7 heteroatoms. The van der Waals surface area contributed by atoms with Gasteiger partial charge < -0.3 is 10.0 Å². The maximum absolute atomic E-state index is 12.5. The van der Waals surface area contributed by atoms with Crippen molar-refractivity contribution >= 4 is 28.9 Å². The third-order valence-corrected chi connectivity index (χ3v) is 7.58. The highest BCUT2D eigenvalue weighted by Crippen LogP contribution is 2.46. The molecule has 2 heterocycles. The van der Waals surface area contributed by atoms with Gasteiger partial charge in [-0.05, 0) is 66.3 Å². The van der Waals surface area contributed by atoms with Crippen LogP contribution < -0.4 is 16.2 Å². The standard InChI is InChI=1S/C23H29N3O3S/c1-23(2)9-8-18-17(12-23)20(22(28)29)21(30-18)16-11-15(7-6-14(16)13-25-24)26-10-4-3-5-19(26)27/h6-7,11,25H,3-5,8-10,12-13,24H2,1-2H3,(H,28,29). The minimum Gasteiger partial charge on any atom is -0.478 e. The number of carboxylic acids is 1. The molecular weight excluding hydrogens is 398 g/mol. The summed E-state index contributed by atoms with van der Waals surface area (Å²) in [6.07, 6.45) is 5.20. The van der Waals surface area contributed by atoms with Crippen molar-refractivity contribution in [1.29, 1.82) is 0 Å². The molecule has 0 unspecified atom stereocenters. The highest BCUT2D eigenvalue weighted by atomic mass is 32.1. The first-order valence-electron chi connectivity index (χ1n) is 10.6. The number of aryl methyl sites for hydroxylation is 1. The van der Waals surface area contributed by atoms with Gasteiger partial charge in [-0.25, -0.2) is 4.79 Å². The zero-order valence-electron chi connectivity index (χ0n) is 17.6. The molecule has 1 aromatic carbocycles. The van der Waals surface area contributed by atoms with Crippen LogP contribution in [-0.2, 0) is 24.2 Å². The maximum Gasteiger partial charge on any atom is 0.337 e. The highest BCUT2D eigenvalue weighted by molar-refractivity contribution is 7.16. The summed E-state index contributed by atoms with van der Waals surface area (Å²) in [7, 11) is 0. The number of carbonyl (C=O) groups excluding carboxylic acids is 1. The van der Waals surface area contributed by atoms with Crippen LogP contribution in [0.5, 0.6) is 0 Å². The molecule has 1 fully saturated rings. The minimum atomic E-state index is -0.883. The van der Waals surface area contributed by atoms with Crippen molar-refractivity contribution in [1.82, 2.24) is 5.43 Å². The summed E-state index contributed by atoms with van der Waals surface area (Å²) in [5, 5.41) is 10.1. The lowest BCUT2D eigenvalue weighted by Crippen LogP contribution is -2.35. The predicted octanol–water partition coefficient (Wildman–Crippen LogP) is 4.11. The summed E-state index contributed by atoms with van der Waals surface area (Å²) in [6.45, 7) is 5.53. The van der Waals surface area contributed by atoms with Gasteiger partial charge in [0, 0.05) is 35.0 Å². The van der Waals surface area contributed by atoms with Gasteiger partial charge >= 0.3 is 5.97 Å². The summed E-state index contributed by atoms with van der Waals surface area (Å²) < 4.78 is 0. The fourth-order valence-corrected chi connectivity index (χ4v) is 5.98. The number of anilines is 1. The second kappa shape index (κ2) is 8.13. The average molecular weight is 428 g/mol. The van der Waals surface area contributed by atoms with Crippen LogP contribution in [0.2, 0.25) is 0 Å². The van der Waals surface area contributed by atoms with Crippen LogP contribution in [0, 0.1) is 5.41 Å². The highest BCUT2D eigenvalue weighted by Gasteiger charge is 2.33. The van der Waals surface area contributed by atoms with Gasteiger partial charge in [0.15, 0.2) is 0 Å². The van der Waals surface area contributed by atoms with E-state index in [4.69, 9.17) is 5.84 Å². The molecule has 1 aromatic heterocycles. The smallest absolute Gasteiger partial charge is 0.337 e. The van der Waals surface area contributed by atoms with Crippen LogP contribution in [0.1, 0.15) is 65.9 Å². The summed E-state index contributed by atoms with van der Waals surface area (Å²) in [5.41, 5.74) is 6.82. The van der Waals surface area contributed by atoms with Crippen LogP contribution in [0.15, 0.2) is 18.2 Å². The molecule has 2 aliphatic rings. The number of fused-ring (bicyclic) bond motifs is 1. The minimum absolute atomic E-state index is 0.0965. The largest absolute Gasteiger partial charge is 0.478 e. The quantitative estimate of drug-likeness (QED) is 0.493. The topological polar surface area (TPSA) is 95.7 Å². The van der Waals surface area contributed by atoms with Gasteiger partial charge in [0.05, 0.1) is 5.56 Å². The number of nitrogens with two attached hydrogens (primary N) is 1. The molecule has 0 saturated carbocycles. The number of thiophene rings is 1. The Bertz CT molecular complexity index is 996. The van der Waals surface area contributed by atoms with Crippen LogP contribution in [0.25, 0.3) is 10.4 Å². The van der Waals surface area contributed by atoms with Crippen LogP contribution >= 0.6 is 11.3 Å². The first kappa shape index (κ1) is 21.0. The Morgan fingerprint density at radius 1 is 1.30 bits per heavy atom. The predicted molar refractivity (Wildman–Crippen MR) is 120 cm³/mol. The van der Waals surface area contributed by atoms with E-state index in [0.29, 0.717) is 25.1 Å². The van der Waals surface area contributed by atoms with E-state index in [1.807, 2.05) is 23.1 Å². The molecule has 160 valence electrons. The molecule has 1 aliphatic heterocycles. The molecule has 4 rings (SSSR count). The summed E-state index contributed by atoms with van der Waals surface area (Å²) in [4.78, 5) is 28.6. The Kier molecular flexibility index (Phi) is 5.70. The van der Waals surface area contributed by atoms with E-state index in [1.165, 1.54) is 4.88 Å². The van der Waals surface area contributed by atoms with Crippen molar-refractivity contribution in [2.24, 2.45) is 11.3 Å². The lowest BCUT2D eigenvalue weighted by atomic mass is 9.76. The number of carbonyl (C=O) groups is 2. The molecule has 0 atom stereocenters. The summed E-state index contributed by atoms with van der Waals surface area (Å²) in [5.74, 6) is 4.86. The maximum atomic E-state index is 12.5. The molecule has 30 heavy (non-hydrogen) atoms. The first-order valence-corrected chi connectivity index (χ1v) is 11.4. The van der Waals surface area contributed by atoms with Crippen molar-refractivity contribution in [3.05, 3.63) is 39.8 Å². The second-order valence-electron chi connectivity index (χ2n) is 9.08. The lowest BCUT2D eigenvalue weighted by molar-refractivity contribution is -0.119. The molecule has 1 aliphatic carbocycles. The average Bonchev–Trinajstić information content (AvgIpc) is 3.06. The third-order valence-electron chi connectivity index (χ3n) is 6.25. The number of hydrogen-bond acceptors (Lipinski definition) is 5. The lowest BCUT2D eigenvalue weighted by Gasteiger charge is -2.29. The van der Waals surface area contributed by atoms with Crippen molar-refractivity contribution in [3.8, 4) is 10.4 Å². The number of hydrazine groups is 1. The monoisotopic (exact) mass is 427 g/mol. The van der Waals surface area contributed by atoms with Crippen molar-refractivity contribution in [3.63, 3.8) is 0 Å². The molecule has 1 saturated heterocycles. The Labute approximate surface area is 181 Å². The van der Waals surface area contributed by atoms with E-state index in [2.05, 4.69) is 19.3 Å². The number of rotatable bonds is 5. The van der Waals surface area contributed by atoms with E-state index in [-0.39, 0.29) is 11.3 Å². The number of piperidine rings is 1. The van der Waals surface area contributed by atoms with Crippen LogP contribution in [0.3, 0.4) is 0 Å². The first-order chi connectivity index (χ1) is 14.3. The fraction of sp³-hybridized carbons (Fsp3) is 0.478. The van der Waals surface area contributed by atoms with Crippen LogP contribution in [0.4, 0.5) is 5.69 Å². The zero-order chi connectivity index (χ0) is 21.5.